The van der Waals surface area contributed by atoms with Gasteiger partial charge in [0.1, 0.15) is 5.75 Å². The number of carbonyl (C=O) groups excluding carboxylic acids is 1. The van der Waals surface area contributed by atoms with Gasteiger partial charge in [-0.05, 0) is 63.2 Å². The summed E-state index contributed by atoms with van der Waals surface area (Å²) < 4.78 is 55.7. The maximum Gasteiger partial charge on any atom is 0.387 e. The second kappa shape index (κ2) is 9.94. The second-order valence-corrected chi connectivity index (χ2v) is 10.6. The zero-order valence-corrected chi connectivity index (χ0v) is 20.0. The molecule has 1 amide bonds. The van der Waals surface area contributed by atoms with Gasteiger partial charge < -0.3 is 4.74 Å². The predicted octanol–water partition coefficient (Wildman–Crippen LogP) is 5.00. The Morgan fingerprint density at radius 1 is 1.15 bits per heavy atom. The minimum Gasteiger partial charge on any atom is -0.435 e. The number of halogens is 2. The van der Waals surface area contributed by atoms with Crippen molar-refractivity contribution in [3.63, 3.8) is 0 Å². The van der Waals surface area contributed by atoms with Crippen molar-refractivity contribution >= 4 is 32.4 Å². The van der Waals surface area contributed by atoms with E-state index in [4.69, 9.17) is 0 Å². The van der Waals surface area contributed by atoms with Crippen molar-refractivity contribution < 1.29 is 26.7 Å². The van der Waals surface area contributed by atoms with Gasteiger partial charge in [0, 0.05) is 29.1 Å². The van der Waals surface area contributed by atoms with Crippen molar-refractivity contribution in [1.29, 1.82) is 0 Å². The van der Waals surface area contributed by atoms with Crippen LogP contribution in [0.15, 0.2) is 53.4 Å². The summed E-state index contributed by atoms with van der Waals surface area (Å²) in [5, 5.41) is 3.02. The Morgan fingerprint density at radius 3 is 2.42 bits per heavy atom. The summed E-state index contributed by atoms with van der Waals surface area (Å²) in [7, 11) is -2.25. The Morgan fingerprint density at radius 2 is 1.82 bits per heavy atom. The number of aromatic nitrogens is 1. The van der Waals surface area contributed by atoms with Crippen molar-refractivity contribution in [2.75, 3.05) is 12.4 Å². The van der Waals surface area contributed by atoms with E-state index in [2.05, 4.69) is 15.0 Å². The van der Waals surface area contributed by atoms with Gasteiger partial charge in [0.15, 0.2) is 5.13 Å². The van der Waals surface area contributed by atoms with Gasteiger partial charge in [-0.2, -0.15) is 13.1 Å². The third-order valence-corrected chi connectivity index (χ3v) is 7.79. The number of rotatable bonds is 8. The molecule has 0 atom stereocenters. The Bertz CT molecular complexity index is 1240. The zero-order chi connectivity index (χ0) is 24.3. The molecule has 7 nitrogen and oxygen atoms in total. The normalized spacial score (nSPS) is 11.9. The third-order valence-electron chi connectivity index (χ3n) is 4.87. The van der Waals surface area contributed by atoms with E-state index in [1.54, 1.807) is 26.0 Å². The van der Waals surface area contributed by atoms with E-state index in [1.807, 2.05) is 6.92 Å². The van der Waals surface area contributed by atoms with Gasteiger partial charge in [-0.1, -0.05) is 6.07 Å². The lowest BCUT2D eigenvalue weighted by Gasteiger charge is -2.21. The average Bonchev–Trinajstić information content (AvgIpc) is 3.13. The summed E-state index contributed by atoms with van der Waals surface area (Å²) in [6, 6.07) is 11.6. The molecule has 0 saturated carbocycles. The summed E-state index contributed by atoms with van der Waals surface area (Å²) in [6.45, 7) is 2.44. The van der Waals surface area contributed by atoms with Crippen LogP contribution in [0.2, 0.25) is 0 Å². The quantitative estimate of drug-likeness (QED) is 0.475. The minimum atomic E-state index is -3.73. The molecule has 3 aromatic rings. The molecule has 1 aromatic heterocycles. The number of aryl methyl sites for hydroxylation is 1. The number of thiazole rings is 1. The Kier molecular flexibility index (Phi) is 7.45. The lowest BCUT2D eigenvalue weighted by Crippen LogP contribution is -2.33. The van der Waals surface area contributed by atoms with Gasteiger partial charge in [0.25, 0.3) is 5.91 Å². The van der Waals surface area contributed by atoms with Gasteiger partial charge in [-0.15, -0.1) is 11.3 Å². The molecule has 0 radical (unpaired) electrons. The van der Waals surface area contributed by atoms with Crippen LogP contribution in [0.4, 0.5) is 13.9 Å². The third kappa shape index (κ3) is 5.73. The van der Waals surface area contributed by atoms with Gasteiger partial charge in [-0.3, -0.25) is 10.1 Å². The lowest BCUT2D eigenvalue weighted by molar-refractivity contribution is -0.0498. The number of hydrogen-bond donors (Lipinski definition) is 1. The lowest BCUT2D eigenvalue weighted by atomic mass is 10.1. The Balaban J connectivity index is 1.79. The fourth-order valence-corrected chi connectivity index (χ4v) is 5.17. The van der Waals surface area contributed by atoms with Crippen molar-refractivity contribution in [1.82, 2.24) is 9.29 Å². The summed E-state index contributed by atoms with van der Waals surface area (Å²) in [5.74, 6) is -0.465. The van der Waals surface area contributed by atoms with Crippen molar-refractivity contribution in [2.24, 2.45) is 0 Å². The first kappa shape index (κ1) is 24.7. The number of hydrogen-bond acceptors (Lipinski definition) is 6. The summed E-state index contributed by atoms with van der Waals surface area (Å²) in [4.78, 5) is 18.0. The van der Waals surface area contributed by atoms with Crippen LogP contribution in [-0.2, 0) is 10.0 Å². The number of nitrogens with one attached hydrogen (secondary N) is 1. The highest BCUT2D eigenvalue weighted by atomic mass is 32.2. The highest BCUT2D eigenvalue weighted by Gasteiger charge is 2.24. The molecule has 0 saturated heterocycles. The molecule has 11 heteroatoms. The minimum absolute atomic E-state index is 0.0217. The van der Waals surface area contributed by atoms with Crippen LogP contribution in [0.5, 0.6) is 5.75 Å². The van der Waals surface area contributed by atoms with E-state index in [0.29, 0.717) is 16.4 Å². The summed E-state index contributed by atoms with van der Waals surface area (Å²) in [6.07, 6.45) is 0. The number of alkyl halides is 2. The van der Waals surface area contributed by atoms with Crippen LogP contribution in [0.1, 0.15) is 29.1 Å². The van der Waals surface area contributed by atoms with Crippen LogP contribution in [-0.4, -0.2) is 43.3 Å². The first-order valence-electron chi connectivity index (χ1n) is 9.91. The average molecular weight is 496 g/mol. The van der Waals surface area contributed by atoms with Crippen LogP contribution in [0.3, 0.4) is 0 Å². The number of amides is 1. The number of carbonyl (C=O) groups is 1. The highest BCUT2D eigenvalue weighted by molar-refractivity contribution is 7.89. The summed E-state index contributed by atoms with van der Waals surface area (Å²) in [5.41, 5.74) is 1.44. The van der Waals surface area contributed by atoms with E-state index in [9.17, 15) is 22.0 Å². The molecule has 0 spiro atoms. The molecule has 0 aliphatic heterocycles. The van der Waals surface area contributed by atoms with Crippen LogP contribution < -0.4 is 10.1 Å². The van der Waals surface area contributed by atoms with Crippen LogP contribution in [0.25, 0.3) is 11.3 Å². The zero-order valence-electron chi connectivity index (χ0n) is 18.4. The molecule has 3 rings (SSSR count). The molecular formula is C22H23F2N3O4S2. The molecule has 0 fully saturated rings. The first-order chi connectivity index (χ1) is 15.5. The van der Waals surface area contributed by atoms with Crippen molar-refractivity contribution in [3.8, 4) is 17.0 Å². The van der Waals surface area contributed by atoms with E-state index in [1.165, 1.54) is 59.1 Å². The van der Waals surface area contributed by atoms with Crippen LogP contribution >= 0.6 is 11.3 Å². The molecule has 1 N–H and O–H groups in total. The molecule has 0 unspecified atom stereocenters. The van der Waals surface area contributed by atoms with Crippen LogP contribution in [0, 0.1) is 6.92 Å². The summed E-state index contributed by atoms with van der Waals surface area (Å²) >= 11 is 1.24. The fraction of sp³-hybridized carbons (Fsp3) is 0.273. The van der Waals surface area contributed by atoms with Gasteiger partial charge >= 0.3 is 6.61 Å². The van der Waals surface area contributed by atoms with Gasteiger partial charge in [-0.25, -0.2) is 13.4 Å². The molecule has 33 heavy (non-hydrogen) atoms. The van der Waals surface area contributed by atoms with E-state index < -0.39 is 22.5 Å². The smallest absolute Gasteiger partial charge is 0.387 e. The topological polar surface area (TPSA) is 88.6 Å². The van der Waals surface area contributed by atoms with Gasteiger partial charge in [0.05, 0.1) is 10.6 Å². The van der Waals surface area contributed by atoms with E-state index in [-0.39, 0.29) is 22.3 Å². The number of benzene rings is 2. The molecule has 2 aromatic carbocycles. The molecule has 0 aliphatic rings. The number of ether oxygens (including phenoxy) is 1. The van der Waals surface area contributed by atoms with Gasteiger partial charge in [0.2, 0.25) is 10.0 Å². The maximum absolute atomic E-state index is 12.8. The fourth-order valence-electron chi connectivity index (χ4n) is 2.92. The monoisotopic (exact) mass is 495 g/mol. The van der Waals surface area contributed by atoms with Crippen molar-refractivity contribution in [2.45, 2.75) is 38.3 Å². The number of anilines is 1. The maximum atomic E-state index is 12.8. The molecule has 176 valence electrons. The number of sulfonamides is 1. The molecule has 0 bridgehead atoms. The first-order valence-corrected chi connectivity index (χ1v) is 12.2. The van der Waals surface area contributed by atoms with E-state index in [0.717, 1.165) is 4.88 Å². The second-order valence-electron chi connectivity index (χ2n) is 7.42. The molecule has 0 aliphatic carbocycles. The van der Waals surface area contributed by atoms with Crippen molar-refractivity contribution in [3.05, 3.63) is 59.0 Å². The molecule has 1 heterocycles. The largest absolute Gasteiger partial charge is 0.435 e. The SMILES string of the molecule is Cc1sc(NC(=O)c2cccc(S(=O)(=O)N(C)C(C)C)c2)nc1-c1ccc(OC(F)F)cc1. The highest BCUT2D eigenvalue weighted by Crippen LogP contribution is 2.32. The predicted molar refractivity (Wildman–Crippen MR) is 123 cm³/mol. The Labute approximate surface area is 195 Å². The Hall–Kier alpha value is -2.89. The number of nitrogens with zero attached hydrogens (tertiary/aromatic N) is 2. The standard InChI is InChI=1S/C22H23F2N3O4S2/c1-13(2)27(4)33(29,30)18-7-5-6-16(12-18)20(28)26-22-25-19(14(3)32-22)15-8-10-17(11-9-15)31-21(23)24/h5-13,21H,1-4H3,(H,25,26,28). The molecular weight excluding hydrogens is 472 g/mol. The van der Waals surface area contributed by atoms with E-state index >= 15 is 0 Å².